The highest BCUT2D eigenvalue weighted by Crippen LogP contribution is 2.39. The smallest absolute Gasteiger partial charge is 0.328 e. The van der Waals surface area contributed by atoms with E-state index in [2.05, 4.69) is 11.7 Å². The Morgan fingerprint density at radius 2 is 1.86 bits per heavy atom. The molecule has 4 rings (SSSR count). The first-order chi connectivity index (χ1) is 17.2. The number of rotatable bonds is 7. The molecule has 8 heteroatoms. The molecular formula is C28H33N3O5. The second-order valence-corrected chi connectivity index (χ2v) is 10.1. The van der Waals surface area contributed by atoms with Crippen LogP contribution in [0.25, 0.3) is 11.1 Å². The summed E-state index contributed by atoms with van der Waals surface area (Å²) >= 11 is 0. The van der Waals surface area contributed by atoms with E-state index in [-0.39, 0.29) is 18.9 Å². The molecule has 1 fully saturated rings. The first-order valence-corrected chi connectivity index (χ1v) is 12.0. The summed E-state index contributed by atoms with van der Waals surface area (Å²) < 4.78 is 10.7. The Bertz CT molecular complexity index is 1200. The number of benzene rings is 2. The van der Waals surface area contributed by atoms with Gasteiger partial charge in [0, 0.05) is 17.5 Å². The lowest BCUT2D eigenvalue weighted by molar-refractivity contribution is -0.152. The predicted octanol–water partition coefficient (Wildman–Crippen LogP) is 3.52. The molecule has 0 bridgehead atoms. The minimum absolute atomic E-state index is 0.191. The molecule has 0 radical (unpaired) electrons. The molecule has 190 valence electrons. The van der Waals surface area contributed by atoms with Crippen molar-refractivity contribution in [1.82, 2.24) is 4.90 Å². The molecular weight excluding hydrogens is 458 g/mol. The molecule has 2 aliphatic rings. The van der Waals surface area contributed by atoms with E-state index in [0.29, 0.717) is 18.1 Å². The Kier molecular flexibility index (Phi) is 7.17. The molecule has 1 amide bonds. The highest BCUT2D eigenvalue weighted by atomic mass is 16.6. The largest absolute Gasteiger partial charge is 0.490 e. The maximum atomic E-state index is 13.2. The maximum Gasteiger partial charge on any atom is 0.328 e. The Labute approximate surface area is 211 Å². The minimum atomic E-state index is -0.775. The number of carbonyl (C=O) groups excluding carboxylic acids is 2. The van der Waals surface area contributed by atoms with Crippen molar-refractivity contribution in [2.75, 3.05) is 20.3 Å². The molecule has 1 aliphatic heterocycles. The van der Waals surface area contributed by atoms with E-state index in [9.17, 15) is 9.59 Å². The lowest BCUT2D eigenvalue weighted by Crippen LogP contribution is -2.53. The summed E-state index contributed by atoms with van der Waals surface area (Å²) in [7, 11) is 1.31. The van der Waals surface area contributed by atoms with Crippen molar-refractivity contribution >= 4 is 17.6 Å². The van der Waals surface area contributed by atoms with Gasteiger partial charge in [0.1, 0.15) is 30.2 Å². The van der Waals surface area contributed by atoms with E-state index in [1.165, 1.54) is 12.0 Å². The quantitative estimate of drug-likeness (QED) is 0.308. The van der Waals surface area contributed by atoms with Crippen molar-refractivity contribution in [2.45, 2.75) is 45.4 Å². The van der Waals surface area contributed by atoms with E-state index >= 15 is 0 Å². The van der Waals surface area contributed by atoms with E-state index in [1.54, 1.807) is 6.08 Å². The van der Waals surface area contributed by atoms with Crippen LogP contribution in [0.5, 0.6) is 5.75 Å². The molecule has 0 aromatic heterocycles. The third-order valence-electron chi connectivity index (χ3n) is 6.60. The molecule has 0 spiro atoms. The van der Waals surface area contributed by atoms with E-state index < -0.39 is 29.6 Å². The lowest BCUT2D eigenvalue weighted by atomic mass is 9.86. The molecule has 2 N–H and O–H groups in total. The van der Waals surface area contributed by atoms with Crippen LogP contribution in [0.1, 0.15) is 38.3 Å². The van der Waals surface area contributed by atoms with Gasteiger partial charge in [-0.2, -0.15) is 0 Å². The van der Waals surface area contributed by atoms with Gasteiger partial charge in [0.2, 0.25) is 5.91 Å². The molecule has 0 unspecified atom stereocenters. The number of ether oxygens (including phenoxy) is 2. The zero-order valence-electron chi connectivity index (χ0n) is 21.2. The molecule has 3 atom stereocenters. The van der Waals surface area contributed by atoms with Gasteiger partial charge in [0.15, 0.2) is 0 Å². The Hall–Kier alpha value is -3.65. The van der Waals surface area contributed by atoms with Crippen LogP contribution in [-0.4, -0.2) is 60.9 Å². The monoisotopic (exact) mass is 491 g/mol. The molecule has 0 saturated carbocycles. The van der Waals surface area contributed by atoms with Crippen molar-refractivity contribution in [1.29, 1.82) is 0 Å². The number of hydrogen-bond acceptors (Lipinski definition) is 7. The second kappa shape index (κ2) is 10.1. The van der Waals surface area contributed by atoms with Gasteiger partial charge in [0.05, 0.1) is 19.7 Å². The summed E-state index contributed by atoms with van der Waals surface area (Å²) in [5.74, 6) is -0.102. The second-order valence-electron chi connectivity index (χ2n) is 10.1. The highest BCUT2D eigenvalue weighted by molar-refractivity contribution is 6.24. The normalized spacial score (nSPS) is 20.5. The summed E-state index contributed by atoms with van der Waals surface area (Å²) in [5.41, 5.74) is 10.4. The SMILES string of the molecule is C=CCOc1ccc2c(c1)/C(=N\O[C@@H]1C[C@@H](C(=O)OC)N(C(=O)[C@@H](N)C(C)(C)C)C1)c1ccccc1-2. The summed E-state index contributed by atoms with van der Waals surface area (Å²) in [6.45, 7) is 9.95. The third-order valence-corrected chi connectivity index (χ3v) is 6.60. The van der Waals surface area contributed by atoms with Crippen molar-refractivity contribution in [3.63, 3.8) is 0 Å². The van der Waals surface area contributed by atoms with E-state index in [0.717, 1.165) is 22.3 Å². The average Bonchev–Trinajstić information content (AvgIpc) is 3.43. The predicted molar refractivity (Wildman–Crippen MR) is 138 cm³/mol. The van der Waals surface area contributed by atoms with Gasteiger partial charge in [-0.15, -0.1) is 0 Å². The average molecular weight is 492 g/mol. The fourth-order valence-corrected chi connectivity index (χ4v) is 4.52. The first kappa shape index (κ1) is 25.4. The van der Waals surface area contributed by atoms with Crippen LogP contribution in [0.4, 0.5) is 0 Å². The number of hydrogen-bond donors (Lipinski definition) is 1. The molecule has 1 heterocycles. The number of nitrogens with two attached hydrogens (primary N) is 1. The van der Waals surface area contributed by atoms with Crippen molar-refractivity contribution in [3.05, 3.63) is 66.2 Å². The number of esters is 1. The summed E-state index contributed by atoms with van der Waals surface area (Å²) in [4.78, 5) is 33.1. The molecule has 36 heavy (non-hydrogen) atoms. The molecule has 8 nitrogen and oxygen atoms in total. The Morgan fingerprint density at radius 1 is 1.17 bits per heavy atom. The van der Waals surface area contributed by atoms with Gasteiger partial charge < -0.3 is 24.9 Å². The van der Waals surface area contributed by atoms with Crippen molar-refractivity contribution in [3.8, 4) is 16.9 Å². The van der Waals surface area contributed by atoms with Gasteiger partial charge in [-0.25, -0.2) is 4.79 Å². The zero-order valence-corrected chi connectivity index (χ0v) is 21.2. The molecule has 2 aromatic rings. The third kappa shape index (κ3) is 4.86. The van der Waals surface area contributed by atoms with E-state index in [4.69, 9.17) is 20.0 Å². The summed E-state index contributed by atoms with van der Waals surface area (Å²) in [6, 6.07) is 12.3. The Morgan fingerprint density at radius 3 is 2.53 bits per heavy atom. The maximum absolute atomic E-state index is 13.2. The van der Waals surface area contributed by atoms with Crippen molar-refractivity contribution in [2.24, 2.45) is 16.3 Å². The fourth-order valence-electron chi connectivity index (χ4n) is 4.52. The first-order valence-electron chi connectivity index (χ1n) is 12.0. The van der Waals surface area contributed by atoms with Crippen LogP contribution < -0.4 is 10.5 Å². The number of likely N-dealkylation sites (tertiary alicyclic amines) is 1. The van der Waals surface area contributed by atoms with Crippen molar-refractivity contribution < 1.29 is 23.9 Å². The van der Waals surface area contributed by atoms with Gasteiger partial charge in [-0.1, -0.05) is 62.8 Å². The topological polar surface area (TPSA) is 103 Å². The standard InChI is InChI=1S/C28H33N3O5/c1-6-13-35-17-11-12-20-19-9-7-8-10-21(19)24(22(20)14-17)30-36-18-15-23(27(33)34-5)31(16-18)26(32)25(29)28(2,3)4/h6-12,14,18,23,25H,1,13,15-16,29H2,2-5H3/b30-24-/t18-,23+,25-/m1/s1. The lowest BCUT2D eigenvalue weighted by Gasteiger charge is -2.31. The van der Waals surface area contributed by atoms with Crippen LogP contribution in [0.3, 0.4) is 0 Å². The molecule has 2 aromatic carbocycles. The van der Waals surface area contributed by atoms with Gasteiger partial charge in [-0.05, 0) is 34.7 Å². The number of methoxy groups -OCH3 is 1. The van der Waals surface area contributed by atoms with E-state index in [1.807, 2.05) is 63.2 Å². The summed E-state index contributed by atoms with van der Waals surface area (Å²) in [6.07, 6.45) is 1.47. The van der Waals surface area contributed by atoms with Gasteiger partial charge in [-0.3, -0.25) is 4.79 Å². The molecule has 1 aliphatic carbocycles. The van der Waals surface area contributed by atoms with Gasteiger partial charge in [0.25, 0.3) is 0 Å². The zero-order chi connectivity index (χ0) is 26.0. The van der Waals surface area contributed by atoms with Crippen LogP contribution in [-0.2, 0) is 19.2 Å². The highest BCUT2D eigenvalue weighted by Gasteiger charge is 2.45. The minimum Gasteiger partial charge on any atom is -0.490 e. The summed E-state index contributed by atoms with van der Waals surface area (Å²) in [5, 5.41) is 4.54. The Balaban J connectivity index is 1.61. The number of oxime groups is 1. The number of nitrogens with zero attached hydrogens (tertiary/aromatic N) is 2. The van der Waals surface area contributed by atoms with Crippen LogP contribution in [0, 0.1) is 5.41 Å². The number of fused-ring (bicyclic) bond motifs is 3. The van der Waals surface area contributed by atoms with Crippen LogP contribution in [0.15, 0.2) is 60.3 Å². The van der Waals surface area contributed by atoms with Crippen LogP contribution >= 0.6 is 0 Å². The number of amides is 1. The van der Waals surface area contributed by atoms with Gasteiger partial charge >= 0.3 is 5.97 Å². The molecule has 1 saturated heterocycles. The fraction of sp³-hybridized carbons (Fsp3) is 0.393. The number of carbonyl (C=O) groups is 2. The van der Waals surface area contributed by atoms with Crippen LogP contribution in [0.2, 0.25) is 0 Å².